The lowest BCUT2D eigenvalue weighted by Gasteiger charge is -2.16. The molecule has 1 atom stereocenters. The summed E-state index contributed by atoms with van der Waals surface area (Å²) < 4.78 is 16.8. The van der Waals surface area contributed by atoms with E-state index in [-0.39, 0.29) is 24.0 Å². The van der Waals surface area contributed by atoms with Crippen molar-refractivity contribution >= 4 is 23.7 Å². The molecule has 204 valence electrons. The van der Waals surface area contributed by atoms with Gasteiger partial charge in [0.05, 0.1) is 6.61 Å². The normalized spacial score (nSPS) is 11.7. The van der Waals surface area contributed by atoms with E-state index in [1.807, 2.05) is 48.5 Å². The average Bonchev–Trinajstić information content (AvgIpc) is 3.56. The molecule has 0 spiro atoms. The van der Waals surface area contributed by atoms with E-state index in [1.54, 1.807) is 11.5 Å². The molecule has 4 aromatic rings. The second-order valence-corrected chi connectivity index (χ2v) is 8.97. The third kappa shape index (κ3) is 6.80. The van der Waals surface area contributed by atoms with Gasteiger partial charge in [0, 0.05) is 25.5 Å². The Balaban J connectivity index is 1.69. The average molecular weight is 553 g/mol. The number of rotatable bonds is 11. The number of ether oxygens (including phenoxy) is 3. The van der Waals surface area contributed by atoms with Crippen LogP contribution in [0.25, 0.3) is 22.5 Å². The molecule has 12 heteroatoms. The lowest BCUT2D eigenvalue weighted by Crippen LogP contribution is -2.24. The Bertz CT molecular complexity index is 1410. The lowest BCUT2D eigenvalue weighted by molar-refractivity contribution is -0.0815. The molecule has 2 aromatic carbocycles. The van der Waals surface area contributed by atoms with Crippen molar-refractivity contribution in [1.82, 2.24) is 30.2 Å². The Labute approximate surface area is 230 Å². The van der Waals surface area contributed by atoms with Crippen LogP contribution in [-0.2, 0) is 27.2 Å². The van der Waals surface area contributed by atoms with Crippen molar-refractivity contribution in [2.24, 2.45) is 0 Å². The first-order valence-electron chi connectivity index (χ1n) is 12.6. The van der Waals surface area contributed by atoms with Gasteiger partial charge in [-0.05, 0) is 41.3 Å². The topological polar surface area (TPSA) is 134 Å². The van der Waals surface area contributed by atoms with Crippen LogP contribution in [0.5, 0.6) is 0 Å². The van der Waals surface area contributed by atoms with Gasteiger partial charge in [0.15, 0.2) is 10.8 Å². The van der Waals surface area contributed by atoms with Crippen LogP contribution in [0.1, 0.15) is 55.5 Å². The van der Waals surface area contributed by atoms with Crippen molar-refractivity contribution < 1.29 is 23.8 Å². The van der Waals surface area contributed by atoms with Gasteiger partial charge in [0.1, 0.15) is 5.82 Å². The van der Waals surface area contributed by atoms with Crippen LogP contribution in [0, 0.1) is 0 Å². The maximum absolute atomic E-state index is 13.2. The number of benzene rings is 2. The second-order valence-electron chi connectivity index (χ2n) is 8.61. The first-order valence-corrected chi connectivity index (χ1v) is 13.0. The third-order valence-electron chi connectivity index (χ3n) is 5.84. The van der Waals surface area contributed by atoms with Crippen molar-refractivity contribution in [2.45, 2.75) is 52.9 Å². The molecule has 0 bridgehead atoms. The fraction of sp³-hybridized carbons (Fsp3) is 0.333. The highest BCUT2D eigenvalue weighted by Crippen LogP contribution is 2.32. The third-order valence-corrected chi connectivity index (χ3v) is 6.11. The number of halogens is 1. The number of tetrazole rings is 1. The molecule has 0 unspecified atom stereocenters. The summed E-state index contributed by atoms with van der Waals surface area (Å²) in [6, 6.07) is 15.8. The maximum Gasteiger partial charge on any atom is 0.511 e. The molecule has 39 heavy (non-hydrogen) atoms. The Morgan fingerprint density at radius 3 is 2.56 bits per heavy atom. The zero-order chi connectivity index (χ0) is 27.8. The Kier molecular flexibility index (Phi) is 9.27. The number of nitrogens with zero attached hydrogens (tertiary/aromatic N) is 5. The molecular formula is C27H29ClN6O5. The van der Waals surface area contributed by atoms with Crippen LogP contribution in [0.2, 0.25) is 5.15 Å². The smallest absolute Gasteiger partial charge is 0.435 e. The fourth-order valence-corrected chi connectivity index (χ4v) is 4.35. The zero-order valence-corrected chi connectivity index (χ0v) is 22.6. The molecule has 0 fully saturated rings. The van der Waals surface area contributed by atoms with Crippen molar-refractivity contribution in [2.75, 3.05) is 6.61 Å². The second kappa shape index (κ2) is 13.0. The van der Waals surface area contributed by atoms with Gasteiger partial charge in [0.2, 0.25) is 12.1 Å². The number of esters is 1. The first-order chi connectivity index (χ1) is 18.9. The number of nitrogens with one attached hydrogen (secondary N) is 1. The van der Waals surface area contributed by atoms with E-state index < -0.39 is 18.4 Å². The summed E-state index contributed by atoms with van der Waals surface area (Å²) in [4.78, 5) is 29.3. The standard InChI is InChI=1S/C27H29ClN6O5/c1-4-6-12-22-29-24(28)23(26(35)38-17(3)39-27(36)37-5-2)34(22)16-18-13-14-20(19-10-8-7-9-11-19)21(15-18)25-30-32-33-31-25/h7-11,13-15,17H,4-6,12,16H2,1-3H3,(H,30,31,32,33)/t17-/m1/s1. The van der Waals surface area contributed by atoms with E-state index in [2.05, 4.69) is 32.5 Å². The van der Waals surface area contributed by atoms with Crippen molar-refractivity contribution in [3.63, 3.8) is 0 Å². The molecule has 0 aliphatic carbocycles. The van der Waals surface area contributed by atoms with Crippen molar-refractivity contribution in [3.8, 4) is 22.5 Å². The summed E-state index contributed by atoms with van der Waals surface area (Å²) in [7, 11) is 0. The van der Waals surface area contributed by atoms with E-state index in [4.69, 9.17) is 25.8 Å². The van der Waals surface area contributed by atoms with Gasteiger partial charge in [0.25, 0.3) is 0 Å². The number of imidazole rings is 1. The zero-order valence-electron chi connectivity index (χ0n) is 21.9. The maximum atomic E-state index is 13.2. The highest BCUT2D eigenvalue weighted by Gasteiger charge is 2.26. The van der Waals surface area contributed by atoms with Gasteiger partial charge in [-0.2, -0.15) is 5.21 Å². The molecule has 1 N–H and O–H groups in total. The minimum Gasteiger partial charge on any atom is -0.435 e. The molecule has 2 heterocycles. The van der Waals surface area contributed by atoms with Crippen LogP contribution in [-0.4, -0.2) is 55.2 Å². The quantitative estimate of drug-likeness (QED) is 0.190. The molecule has 0 amide bonds. The van der Waals surface area contributed by atoms with Crippen molar-refractivity contribution in [1.29, 1.82) is 0 Å². The summed E-state index contributed by atoms with van der Waals surface area (Å²) in [5, 5.41) is 14.6. The summed E-state index contributed by atoms with van der Waals surface area (Å²) in [5.41, 5.74) is 3.62. The molecule has 0 saturated heterocycles. The van der Waals surface area contributed by atoms with Gasteiger partial charge in [-0.15, -0.1) is 10.2 Å². The summed E-state index contributed by atoms with van der Waals surface area (Å²) in [6.07, 6.45) is 0.268. The van der Waals surface area contributed by atoms with Gasteiger partial charge >= 0.3 is 12.1 Å². The number of aromatic nitrogens is 6. The van der Waals surface area contributed by atoms with Gasteiger partial charge < -0.3 is 18.8 Å². The van der Waals surface area contributed by atoms with E-state index >= 15 is 0 Å². The molecule has 0 aliphatic rings. The summed E-state index contributed by atoms with van der Waals surface area (Å²) in [5.74, 6) is 0.308. The number of aromatic amines is 1. The van der Waals surface area contributed by atoms with Crippen molar-refractivity contribution in [3.05, 3.63) is 70.8 Å². The highest BCUT2D eigenvalue weighted by molar-refractivity contribution is 6.32. The SMILES string of the molecule is CCCCc1nc(Cl)c(C(=O)O[C@@H](C)OC(=O)OCC)n1Cc1ccc(-c2ccccc2)c(-c2nn[nH]n2)c1. The predicted molar refractivity (Wildman–Crippen MR) is 143 cm³/mol. The number of aryl methyl sites for hydroxylation is 1. The number of carbonyl (C=O) groups is 2. The van der Waals surface area contributed by atoms with E-state index in [0.29, 0.717) is 18.1 Å². The minimum absolute atomic E-state index is 0.00809. The van der Waals surface area contributed by atoms with Gasteiger partial charge in [-0.3, -0.25) is 0 Å². The van der Waals surface area contributed by atoms with Crippen LogP contribution < -0.4 is 0 Å². The summed E-state index contributed by atoms with van der Waals surface area (Å²) >= 11 is 6.45. The molecule has 0 saturated carbocycles. The monoisotopic (exact) mass is 552 g/mol. The van der Waals surface area contributed by atoms with Crippen LogP contribution in [0.4, 0.5) is 4.79 Å². The molecule has 0 aliphatic heterocycles. The highest BCUT2D eigenvalue weighted by atomic mass is 35.5. The summed E-state index contributed by atoms with van der Waals surface area (Å²) in [6.45, 7) is 5.54. The molecule has 2 aromatic heterocycles. The first kappa shape index (κ1) is 27.8. The molecule has 11 nitrogen and oxygen atoms in total. The van der Waals surface area contributed by atoms with Crippen LogP contribution in [0.3, 0.4) is 0 Å². The largest absolute Gasteiger partial charge is 0.511 e. The lowest BCUT2D eigenvalue weighted by atomic mass is 9.97. The Hall–Kier alpha value is -4.25. The van der Waals surface area contributed by atoms with E-state index in [1.165, 1.54) is 6.92 Å². The number of hydrogen-bond donors (Lipinski definition) is 1. The van der Waals surface area contributed by atoms with Gasteiger partial charge in [-0.1, -0.05) is 67.4 Å². The number of unbranched alkanes of at least 4 members (excludes halogenated alkanes) is 1. The number of H-pyrrole nitrogens is 1. The van der Waals surface area contributed by atoms with E-state index in [0.717, 1.165) is 35.1 Å². The molecule has 0 radical (unpaired) electrons. The minimum atomic E-state index is -1.19. The predicted octanol–water partition coefficient (Wildman–Crippen LogP) is 5.45. The number of hydrogen-bond acceptors (Lipinski definition) is 9. The fourth-order valence-electron chi connectivity index (χ4n) is 4.08. The van der Waals surface area contributed by atoms with Gasteiger partial charge in [-0.25, -0.2) is 14.6 Å². The molecular weight excluding hydrogens is 524 g/mol. The number of carbonyl (C=O) groups excluding carboxylic acids is 2. The molecule has 4 rings (SSSR count). The Morgan fingerprint density at radius 1 is 1.08 bits per heavy atom. The van der Waals surface area contributed by atoms with Crippen LogP contribution in [0.15, 0.2) is 48.5 Å². The van der Waals surface area contributed by atoms with Crippen LogP contribution >= 0.6 is 11.6 Å². The van der Waals surface area contributed by atoms with E-state index in [9.17, 15) is 9.59 Å². The Morgan fingerprint density at radius 2 is 1.87 bits per heavy atom.